The zero-order chi connectivity index (χ0) is 18.6. The largest absolute Gasteiger partial charge is 0.376 e. The van der Waals surface area contributed by atoms with Gasteiger partial charge in [-0.05, 0) is 52.6 Å². The van der Waals surface area contributed by atoms with Crippen molar-refractivity contribution in [1.29, 1.82) is 0 Å². The summed E-state index contributed by atoms with van der Waals surface area (Å²) in [6, 6.07) is 19.6. The first-order chi connectivity index (χ1) is 13.2. The standard InChI is InChI=1S/C20H18N6O/c1-14-11-16(9-10-19(14)26-13-22-24-25-26)21-12-20(27)23-18-8-4-6-15-5-2-3-7-17(15)18/h2-11,13,21H,12H2,1H3,(H,23,27). The topological polar surface area (TPSA) is 84.7 Å². The summed E-state index contributed by atoms with van der Waals surface area (Å²) in [5.41, 5.74) is 3.56. The second-order valence-corrected chi connectivity index (χ2v) is 6.18. The molecule has 7 heteroatoms. The van der Waals surface area contributed by atoms with Crippen LogP contribution >= 0.6 is 0 Å². The molecule has 1 aromatic heterocycles. The van der Waals surface area contributed by atoms with Crippen molar-refractivity contribution in [2.45, 2.75) is 6.92 Å². The molecule has 2 N–H and O–H groups in total. The van der Waals surface area contributed by atoms with Gasteiger partial charge >= 0.3 is 0 Å². The van der Waals surface area contributed by atoms with Gasteiger partial charge in [-0.2, -0.15) is 0 Å². The maximum atomic E-state index is 12.4. The number of anilines is 2. The van der Waals surface area contributed by atoms with Crippen LogP contribution in [0.25, 0.3) is 16.5 Å². The van der Waals surface area contributed by atoms with Gasteiger partial charge in [0.1, 0.15) is 6.33 Å². The van der Waals surface area contributed by atoms with Crippen LogP contribution in [0.15, 0.2) is 67.0 Å². The van der Waals surface area contributed by atoms with Crippen LogP contribution in [-0.4, -0.2) is 32.7 Å². The molecular formula is C20H18N6O. The monoisotopic (exact) mass is 358 g/mol. The number of rotatable bonds is 5. The average Bonchev–Trinajstić information content (AvgIpc) is 3.21. The number of fused-ring (bicyclic) bond motifs is 1. The van der Waals surface area contributed by atoms with Gasteiger partial charge < -0.3 is 10.6 Å². The normalized spacial score (nSPS) is 10.7. The molecule has 0 radical (unpaired) electrons. The minimum Gasteiger partial charge on any atom is -0.376 e. The van der Waals surface area contributed by atoms with Gasteiger partial charge in [0.15, 0.2) is 0 Å². The Labute approximate surface area is 156 Å². The van der Waals surface area contributed by atoms with Crippen molar-refractivity contribution in [2.24, 2.45) is 0 Å². The predicted molar refractivity (Wildman–Crippen MR) is 105 cm³/mol. The number of tetrazole rings is 1. The number of benzene rings is 3. The number of amides is 1. The lowest BCUT2D eigenvalue weighted by Crippen LogP contribution is -2.21. The first kappa shape index (κ1) is 16.7. The number of carbonyl (C=O) groups excluding carboxylic acids is 1. The van der Waals surface area contributed by atoms with E-state index in [1.54, 1.807) is 11.0 Å². The third-order valence-electron chi connectivity index (χ3n) is 4.31. The molecule has 0 unspecified atom stereocenters. The van der Waals surface area contributed by atoms with E-state index >= 15 is 0 Å². The number of hydrogen-bond donors (Lipinski definition) is 2. The SMILES string of the molecule is Cc1cc(NCC(=O)Nc2cccc3ccccc23)ccc1-n1cnnn1. The molecule has 0 saturated carbocycles. The van der Waals surface area contributed by atoms with Crippen molar-refractivity contribution in [1.82, 2.24) is 20.2 Å². The fourth-order valence-electron chi connectivity index (χ4n) is 3.01. The second-order valence-electron chi connectivity index (χ2n) is 6.18. The summed E-state index contributed by atoms with van der Waals surface area (Å²) in [7, 11) is 0. The Morgan fingerprint density at radius 3 is 2.74 bits per heavy atom. The van der Waals surface area contributed by atoms with E-state index in [0.717, 1.165) is 33.4 Å². The van der Waals surface area contributed by atoms with Crippen LogP contribution in [-0.2, 0) is 4.79 Å². The van der Waals surface area contributed by atoms with Crippen molar-refractivity contribution in [3.63, 3.8) is 0 Å². The van der Waals surface area contributed by atoms with Crippen LogP contribution in [0.2, 0.25) is 0 Å². The Morgan fingerprint density at radius 1 is 1.07 bits per heavy atom. The van der Waals surface area contributed by atoms with Crippen molar-refractivity contribution >= 4 is 28.1 Å². The molecule has 1 heterocycles. The van der Waals surface area contributed by atoms with Crippen molar-refractivity contribution in [2.75, 3.05) is 17.2 Å². The molecule has 0 atom stereocenters. The fraction of sp³-hybridized carbons (Fsp3) is 0.100. The van der Waals surface area contributed by atoms with E-state index < -0.39 is 0 Å². The molecule has 4 rings (SSSR count). The van der Waals surface area contributed by atoms with Gasteiger partial charge in [-0.25, -0.2) is 4.68 Å². The average molecular weight is 358 g/mol. The molecule has 0 aliphatic rings. The van der Waals surface area contributed by atoms with E-state index in [1.165, 1.54) is 0 Å². The Bertz CT molecular complexity index is 1090. The summed E-state index contributed by atoms with van der Waals surface area (Å²) in [5.74, 6) is -0.103. The summed E-state index contributed by atoms with van der Waals surface area (Å²) in [5, 5.41) is 19.4. The van der Waals surface area contributed by atoms with Gasteiger partial charge in [-0.3, -0.25) is 4.79 Å². The molecule has 0 aliphatic carbocycles. The molecule has 3 aromatic carbocycles. The molecular weight excluding hydrogens is 340 g/mol. The van der Waals surface area contributed by atoms with E-state index in [-0.39, 0.29) is 12.5 Å². The lowest BCUT2D eigenvalue weighted by Gasteiger charge is -2.11. The third kappa shape index (κ3) is 3.62. The highest BCUT2D eigenvalue weighted by atomic mass is 16.1. The Kier molecular flexibility index (Phi) is 4.49. The lowest BCUT2D eigenvalue weighted by atomic mass is 10.1. The maximum absolute atomic E-state index is 12.4. The fourth-order valence-corrected chi connectivity index (χ4v) is 3.01. The lowest BCUT2D eigenvalue weighted by molar-refractivity contribution is -0.114. The van der Waals surface area contributed by atoms with Gasteiger partial charge in [0, 0.05) is 16.8 Å². The van der Waals surface area contributed by atoms with Crippen molar-refractivity contribution in [3.05, 3.63) is 72.6 Å². The molecule has 27 heavy (non-hydrogen) atoms. The Balaban J connectivity index is 1.43. The first-order valence-electron chi connectivity index (χ1n) is 8.56. The summed E-state index contributed by atoms with van der Waals surface area (Å²) in [4.78, 5) is 12.4. The number of aryl methyl sites for hydroxylation is 1. The van der Waals surface area contributed by atoms with E-state index in [4.69, 9.17) is 0 Å². The molecule has 1 amide bonds. The van der Waals surface area contributed by atoms with Crippen molar-refractivity contribution < 1.29 is 4.79 Å². The molecule has 0 saturated heterocycles. The summed E-state index contributed by atoms with van der Waals surface area (Å²) >= 11 is 0. The molecule has 4 aromatic rings. The predicted octanol–water partition coefficient (Wildman–Crippen LogP) is 3.17. The quantitative estimate of drug-likeness (QED) is 0.572. The van der Waals surface area contributed by atoms with Gasteiger partial charge in [-0.1, -0.05) is 36.4 Å². The molecule has 0 spiro atoms. The number of nitrogens with one attached hydrogen (secondary N) is 2. The second kappa shape index (κ2) is 7.25. The minimum absolute atomic E-state index is 0.103. The van der Waals surface area contributed by atoms with E-state index in [1.807, 2.05) is 67.6 Å². The maximum Gasteiger partial charge on any atom is 0.243 e. The first-order valence-corrected chi connectivity index (χ1v) is 8.56. The number of carbonyl (C=O) groups is 1. The van der Waals surface area contributed by atoms with Gasteiger partial charge in [-0.15, -0.1) is 5.10 Å². The minimum atomic E-state index is -0.103. The van der Waals surface area contributed by atoms with Crippen LogP contribution in [0.4, 0.5) is 11.4 Å². The zero-order valence-electron chi connectivity index (χ0n) is 14.8. The highest BCUT2D eigenvalue weighted by Gasteiger charge is 2.07. The van der Waals surface area contributed by atoms with Crippen LogP contribution in [0.5, 0.6) is 0 Å². The molecule has 0 bridgehead atoms. The Hall–Kier alpha value is -3.74. The third-order valence-corrected chi connectivity index (χ3v) is 4.31. The van der Waals surface area contributed by atoms with Crippen LogP contribution in [0.3, 0.4) is 0 Å². The van der Waals surface area contributed by atoms with E-state index in [2.05, 4.69) is 26.2 Å². The van der Waals surface area contributed by atoms with Crippen LogP contribution in [0.1, 0.15) is 5.56 Å². The van der Waals surface area contributed by atoms with Gasteiger partial charge in [0.25, 0.3) is 0 Å². The smallest absolute Gasteiger partial charge is 0.243 e. The highest BCUT2D eigenvalue weighted by Crippen LogP contribution is 2.23. The van der Waals surface area contributed by atoms with Crippen LogP contribution < -0.4 is 10.6 Å². The summed E-state index contributed by atoms with van der Waals surface area (Å²) in [6.45, 7) is 2.14. The van der Waals surface area contributed by atoms with Crippen LogP contribution in [0, 0.1) is 6.92 Å². The zero-order valence-corrected chi connectivity index (χ0v) is 14.8. The Morgan fingerprint density at radius 2 is 1.93 bits per heavy atom. The van der Waals surface area contributed by atoms with Crippen molar-refractivity contribution in [3.8, 4) is 5.69 Å². The molecule has 134 valence electrons. The van der Waals surface area contributed by atoms with Gasteiger partial charge in [0.05, 0.1) is 12.2 Å². The van der Waals surface area contributed by atoms with Gasteiger partial charge in [0.2, 0.25) is 5.91 Å². The summed E-state index contributed by atoms with van der Waals surface area (Å²) in [6.07, 6.45) is 1.55. The number of aromatic nitrogens is 4. The number of nitrogens with zero attached hydrogens (tertiary/aromatic N) is 4. The summed E-state index contributed by atoms with van der Waals surface area (Å²) < 4.78 is 1.60. The highest BCUT2D eigenvalue weighted by molar-refractivity contribution is 6.03. The molecule has 0 fully saturated rings. The van der Waals surface area contributed by atoms with E-state index in [0.29, 0.717) is 0 Å². The van der Waals surface area contributed by atoms with E-state index in [9.17, 15) is 4.79 Å². The molecule has 7 nitrogen and oxygen atoms in total. The number of hydrogen-bond acceptors (Lipinski definition) is 5. The molecule has 0 aliphatic heterocycles.